The molecule has 4 aromatic rings. The van der Waals surface area contributed by atoms with Gasteiger partial charge >= 0.3 is 0 Å². The number of hydrogen-bond acceptors (Lipinski definition) is 5. The van der Waals surface area contributed by atoms with Gasteiger partial charge in [0.15, 0.2) is 0 Å². The summed E-state index contributed by atoms with van der Waals surface area (Å²) >= 11 is 0. The van der Waals surface area contributed by atoms with E-state index in [0.717, 1.165) is 48.2 Å². The molecule has 172 valence electrons. The molecule has 2 N–H and O–H groups in total. The van der Waals surface area contributed by atoms with Gasteiger partial charge in [0.1, 0.15) is 11.5 Å². The van der Waals surface area contributed by atoms with E-state index in [0.29, 0.717) is 34.3 Å². The van der Waals surface area contributed by atoms with Crippen LogP contribution in [0.4, 0.5) is 14.7 Å². The zero-order valence-corrected chi connectivity index (χ0v) is 18.4. The molecule has 1 saturated carbocycles. The van der Waals surface area contributed by atoms with E-state index in [1.807, 2.05) is 30.6 Å². The summed E-state index contributed by atoms with van der Waals surface area (Å²) in [5.41, 5.74) is 4.42. The molecular formula is C24H26F2N6O. The Kier molecular flexibility index (Phi) is 4.83. The fourth-order valence-electron chi connectivity index (χ4n) is 5.23. The molecule has 6 rings (SSSR count). The van der Waals surface area contributed by atoms with Crippen molar-refractivity contribution >= 4 is 28.0 Å². The average Bonchev–Trinajstić information content (AvgIpc) is 3.33. The van der Waals surface area contributed by atoms with Crippen LogP contribution in [0.1, 0.15) is 31.5 Å². The van der Waals surface area contributed by atoms with Gasteiger partial charge in [0.25, 0.3) is 6.43 Å². The van der Waals surface area contributed by atoms with E-state index >= 15 is 0 Å². The first-order valence-electron chi connectivity index (χ1n) is 11.4. The lowest BCUT2D eigenvalue weighted by Gasteiger charge is -2.46. The van der Waals surface area contributed by atoms with E-state index in [9.17, 15) is 8.78 Å². The minimum Gasteiger partial charge on any atom is -0.380 e. The van der Waals surface area contributed by atoms with Gasteiger partial charge in [-0.25, -0.2) is 18.7 Å². The van der Waals surface area contributed by atoms with Crippen LogP contribution >= 0.6 is 0 Å². The largest absolute Gasteiger partial charge is 0.380 e. The first-order chi connectivity index (χ1) is 16.0. The van der Waals surface area contributed by atoms with Gasteiger partial charge in [-0.3, -0.25) is 0 Å². The number of ether oxygens (including phenoxy) is 1. The Morgan fingerprint density at radius 3 is 2.79 bits per heavy atom. The molecule has 0 unspecified atom stereocenters. The van der Waals surface area contributed by atoms with Crippen molar-refractivity contribution in [2.75, 3.05) is 18.5 Å². The van der Waals surface area contributed by atoms with Crippen molar-refractivity contribution in [2.24, 2.45) is 5.41 Å². The van der Waals surface area contributed by atoms with E-state index in [2.05, 4.69) is 20.3 Å². The van der Waals surface area contributed by atoms with Crippen LogP contribution in [0.3, 0.4) is 0 Å². The van der Waals surface area contributed by atoms with E-state index < -0.39 is 6.43 Å². The molecule has 4 heterocycles. The average molecular weight is 453 g/mol. The van der Waals surface area contributed by atoms with Crippen molar-refractivity contribution < 1.29 is 13.5 Å². The molecule has 2 aliphatic rings. The third-order valence-electron chi connectivity index (χ3n) is 7.20. The maximum absolute atomic E-state index is 13.1. The highest BCUT2D eigenvalue weighted by molar-refractivity contribution is 5.95. The summed E-state index contributed by atoms with van der Waals surface area (Å²) in [7, 11) is 0. The Balaban J connectivity index is 1.26. The van der Waals surface area contributed by atoms with Crippen LogP contribution in [-0.2, 0) is 11.3 Å². The normalized spacial score (nSPS) is 18.4. The van der Waals surface area contributed by atoms with Crippen molar-refractivity contribution in [3.05, 3.63) is 36.4 Å². The lowest BCUT2D eigenvalue weighted by Crippen LogP contribution is -2.47. The zero-order valence-electron chi connectivity index (χ0n) is 18.4. The molecule has 7 nitrogen and oxygen atoms in total. The number of fused-ring (bicyclic) bond motifs is 2. The number of halogens is 2. The number of alkyl halides is 2. The fraction of sp³-hybridized carbons (Fsp3) is 0.458. The molecule has 1 aromatic carbocycles. The maximum atomic E-state index is 13.1. The Morgan fingerprint density at radius 1 is 1.24 bits per heavy atom. The molecule has 1 aliphatic carbocycles. The number of nitrogens with one attached hydrogen (secondary N) is 2. The van der Waals surface area contributed by atoms with Crippen LogP contribution in [0.2, 0.25) is 0 Å². The summed E-state index contributed by atoms with van der Waals surface area (Å²) in [4.78, 5) is 16.9. The van der Waals surface area contributed by atoms with Crippen molar-refractivity contribution in [2.45, 2.75) is 51.6 Å². The summed E-state index contributed by atoms with van der Waals surface area (Å²) in [5, 5.41) is 4.39. The molecule has 33 heavy (non-hydrogen) atoms. The van der Waals surface area contributed by atoms with Crippen LogP contribution in [0, 0.1) is 12.3 Å². The summed E-state index contributed by atoms with van der Waals surface area (Å²) in [6, 6.07) is 6.12. The number of imidazole rings is 1. The van der Waals surface area contributed by atoms with Gasteiger partial charge < -0.3 is 19.6 Å². The Labute approximate surface area is 189 Å². The Bertz CT molecular complexity index is 1320. The zero-order chi connectivity index (χ0) is 22.6. The van der Waals surface area contributed by atoms with E-state index in [1.54, 1.807) is 11.5 Å². The number of nitrogens with zero attached hydrogens (tertiary/aromatic N) is 4. The number of rotatable bonds is 5. The molecule has 0 radical (unpaired) electrons. The molecule has 1 aliphatic heterocycles. The minimum atomic E-state index is -2.44. The highest BCUT2D eigenvalue weighted by Crippen LogP contribution is 2.42. The van der Waals surface area contributed by atoms with Gasteiger partial charge in [0, 0.05) is 34.8 Å². The SMILES string of the molecule is Cc1nc2ccc(-c3c[nH]c4nc(NC5CCC6(CC5)COC6)ncc34)cc2n1CC(F)F. The molecule has 9 heteroatoms. The fourth-order valence-corrected chi connectivity index (χ4v) is 5.23. The Hall–Kier alpha value is -3.07. The second-order valence-corrected chi connectivity index (χ2v) is 9.43. The van der Waals surface area contributed by atoms with Crippen LogP contribution < -0.4 is 5.32 Å². The number of aromatic nitrogens is 5. The summed E-state index contributed by atoms with van der Waals surface area (Å²) < 4.78 is 33.1. The Morgan fingerprint density at radius 2 is 2.06 bits per heavy atom. The highest BCUT2D eigenvalue weighted by Gasteiger charge is 2.41. The van der Waals surface area contributed by atoms with Crippen molar-refractivity contribution in [3.63, 3.8) is 0 Å². The van der Waals surface area contributed by atoms with Crippen molar-refractivity contribution in [1.29, 1.82) is 0 Å². The van der Waals surface area contributed by atoms with E-state index in [4.69, 9.17) is 9.72 Å². The third kappa shape index (κ3) is 3.64. The van der Waals surface area contributed by atoms with Crippen LogP contribution in [0.5, 0.6) is 0 Å². The molecule has 1 saturated heterocycles. The number of aryl methyl sites for hydroxylation is 1. The van der Waals surface area contributed by atoms with Crippen LogP contribution in [-0.4, -0.2) is 50.2 Å². The van der Waals surface area contributed by atoms with Crippen molar-refractivity contribution in [3.8, 4) is 11.1 Å². The lowest BCUT2D eigenvalue weighted by atomic mass is 9.71. The van der Waals surface area contributed by atoms with Gasteiger partial charge in [-0.15, -0.1) is 0 Å². The van der Waals surface area contributed by atoms with E-state index in [1.165, 1.54) is 12.8 Å². The third-order valence-corrected chi connectivity index (χ3v) is 7.20. The minimum absolute atomic E-state index is 0.368. The lowest BCUT2D eigenvalue weighted by molar-refractivity contribution is -0.131. The monoisotopic (exact) mass is 452 g/mol. The maximum Gasteiger partial charge on any atom is 0.256 e. The molecule has 1 spiro atoms. The summed E-state index contributed by atoms with van der Waals surface area (Å²) in [6.45, 7) is 3.19. The van der Waals surface area contributed by atoms with Crippen LogP contribution in [0.15, 0.2) is 30.6 Å². The first kappa shape index (κ1) is 20.5. The number of benzene rings is 1. The predicted octanol–water partition coefficient (Wildman–Crippen LogP) is 4.92. The number of H-pyrrole nitrogens is 1. The highest BCUT2D eigenvalue weighted by atomic mass is 19.3. The van der Waals surface area contributed by atoms with Gasteiger partial charge in [0.05, 0.1) is 30.8 Å². The summed E-state index contributed by atoms with van der Waals surface area (Å²) in [6.07, 6.45) is 5.86. The van der Waals surface area contributed by atoms with Gasteiger partial charge in [0.2, 0.25) is 5.95 Å². The molecular weight excluding hydrogens is 426 g/mol. The molecule has 0 amide bonds. The van der Waals surface area contributed by atoms with Gasteiger partial charge in [-0.05, 0) is 50.3 Å². The summed E-state index contributed by atoms with van der Waals surface area (Å²) in [5.74, 6) is 1.21. The van der Waals surface area contributed by atoms with E-state index in [-0.39, 0.29) is 6.54 Å². The molecule has 0 bridgehead atoms. The first-order valence-corrected chi connectivity index (χ1v) is 11.4. The molecule has 0 atom stereocenters. The topological polar surface area (TPSA) is 80.7 Å². The smallest absolute Gasteiger partial charge is 0.256 e. The second-order valence-electron chi connectivity index (χ2n) is 9.43. The quantitative estimate of drug-likeness (QED) is 0.449. The number of anilines is 1. The molecule has 3 aromatic heterocycles. The van der Waals surface area contributed by atoms with Gasteiger partial charge in [-0.1, -0.05) is 6.07 Å². The van der Waals surface area contributed by atoms with Crippen LogP contribution in [0.25, 0.3) is 33.2 Å². The molecule has 2 fully saturated rings. The predicted molar refractivity (Wildman–Crippen MR) is 122 cm³/mol. The van der Waals surface area contributed by atoms with Crippen molar-refractivity contribution in [1.82, 2.24) is 24.5 Å². The van der Waals surface area contributed by atoms with Gasteiger partial charge in [-0.2, -0.15) is 4.98 Å². The standard InChI is InChI=1S/C24H26F2N6O/c1-14-29-19-3-2-15(8-20(19)32(14)11-21(25)26)17-9-27-22-18(17)10-28-23(31-22)30-16-4-6-24(7-5-16)12-33-13-24/h2-3,8-10,16,21H,4-7,11-13H2,1H3,(H2,27,28,30,31). The number of aromatic amines is 1. The number of hydrogen-bond donors (Lipinski definition) is 2. The second kappa shape index (κ2) is 7.76.